The fourth-order valence-corrected chi connectivity index (χ4v) is 3.86. The summed E-state index contributed by atoms with van der Waals surface area (Å²) in [4.78, 5) is 37.8. The Bertz CT molecular complexity index is 503. The zero-order chi connectivity index (χ0) is 15.9. The van der Waals surface area contributed by atoms with Crippen LogP contribution in [0.5, 0.6) is 0 Å². The van der Waals surface area contributed by atoms with Gasteiger partial charge < -0.3 is 15.8 Å². The molecule has 3 rings (SSSR count). The highest BCUT2D eigenvalue weighted by molar-refractivity contribution is 6.06. The number of hydrogen-bond donors (Lipinski definition) is 2. The molecule has 7 heteroatoms. The van der Waals surface area contributed by atoms with Crippen LogP contribution in [-0.4, -0.2) is 55.5 Å². The predicted octanol–water partition coefficient (Wildman–Crippen LogP) is -1.12. The third kappa shape index (κ3) is 2.34. The summed E-state index contributed by atoms with van der Waals surface area (Å²) < 4.78 is 4.81. The summed E-state index contributed by atoms with van der Waals surface area (Å²) in [5, 5.41) is 2.63. The maximum absolute atomic E-state index is 12.4. The predicted molar refractivity (Wildman–Crippen MR) is 77.3 cm³/mol. The number of carbonyl (C=O) groups excluding carboxylic acids is 3. The minimum atomic E-state index is -0.741. The van der Waals surface area contributed by atoms with E-state index < -0.39 is 6.04 Å². The molecule has 7 nitrogen and oxygen atoms in total. The zero-order valence-electron chi connectivity index (χ0n) is 12.5. The number of fused-ring (bicyclic) bond motifs is 5. The van der Waals surface area contributed by atoms with Crippen LogP contribution in [0, 0.1) is 23.7 Å². The van der Waals surface area contributed by atoms with Crippen molar-refractivity contribution in [2.45, 2.75) is 12.5 Å². The van der Waals surface area contributed by atoms with Crippen molar-refractivity contribution >= 4 is 17.7 Å². The molecular weight excluding hydrogens is 286 g/mol. The number of likely N-dealkylation sites (tertiary alicyclic amines) is 1. The van der Waals surface area contributed by atoms with Crippen molar-refractivity contribution in [2.24, 2.45) is 29.4 Å². The molecule has 0 spiro atoms. The monoisotopic (exact) mass is 307 g/mol. The van der Waals surface area contributed by atoms with E-state index in [1.54, 1.807) is 0 Å². The Morgan fingerprint density at radius 1 is 1.36 bits per heavy atom. The van der Waals surface area contributed by atoms with Gasteiger partial charge in [-0.05, 0) is 18.3 Å². The molecule has 0 radical (unpaired) electrons. The standard InChI is InChI=1S/C15H21N3O4/c1-22-7-10(16)13(19)17-4-5-18-14(20)11-8-2-3-9(6-8)12(11)15(18)21/h2-3,8-12H,4-7,16H2,1H3,(H,17,19). The Hall–Kier alpha value is -1.73. The average molecular weight is 307 g/mol. The fraction of sp³-hybridized carbons (Fsp3) is 0.667. The molecule has 2 fully saturated rings. The summed E-state index contributed by atoms with van der Waals surface area (Å²) in [6.45, 7) is 0.554. The summed E-state index contributed by atoms with van der Waals surface area (Å²) in [5.41, 5.74) is 5.60. The maximum Gasteiger partial charge on any atom is 0.239 e. The Kier molecular flexibility index (Phi) is 4.01. The van der Waals surface area contributed by atoms with E-state index in [1.165, 1.54) is 12.0 Å². The first-order valence-corrected chi connectivity index (χ1v) is 7.60. The normalized spacial score (nSPS) is 33.5. The first-order valence-electron chi connectivity index (χ1n) is 7.60. The Labute approximate surface area is 128 Å². The van der Waals surface area contributed by atoms with Crippen molar-refractivity contribution < 1.29 is 19.1 Å². The second-order valence-electron chi connectivity index (χ2n) is 6.18. The lowest BCUT2D eigenvalue weighted by Crippen LogP contribution is -2.46. The van der Waals surface area contributed by atoms with Gasteiger partial charge in [-0.25, -0.2) is 0 Å². The lowest BCUT2D eigenvalue weighted by molar-refractivity contribution is -0.141. The molecule has 5 unspecified atom stereocenters. The summed E-state index contributed by atoms with van der Waals surface area (Å²) in [6.07, 6.45) is 5.04. The van der Waals surface area contributed by atoms with Crippen LogP contribution < -0.4 is 11.1 Å². The highest BCUT2D eigenvalue weighted by Gasteiger charge is 2.58. The van der Waals surface area contributed by atoms with Crippen LogP contribution in [0.15, 0.2) is 12.2 Å². The van der Waals surface area contributed by atoms with E-state index in [2.05, 4.69) is 17.5 Å². The molecule has 0 aromatic carbocycles. The van der Waals surface area contributed by atoms with Gasteiger partial charge in [0, 0.05) is 20.2 Å². The van der Waals surface area contributed by atoms with Gasteiger partial charge in [0.25, 0.3) is 0 Å². The molecule has 1 saturated heterocycles. The maximum atomic E-state index is 12.4. The van der Waals surface area contributed by atoms with Crippen molar-refractivity contribution in [3.05, 3.63) is 12.2 Å². The number of nitrogens with two attached hydrogens (primary N) is 1. The number of methoxy groups -OCH3 is 1. The zero-order valence-corrected chi connectivity index (χ0v) is 12.5. The SMILES string of the molecule is COCC(N)C(=O)NCCN1C(=O)C2C3C=CC(C3)C2C1=O. The van der Waals surface area contributed by atoms with Crippen molar-refractivity contribution in [1.82, 2.24) is 10.2 Å². The summed E-state index contributed by atoms with van der Waals surface area (Å²) in [6, 6.07) is -0.741. The van der Waals surface area contributed by atoms with Crippen LogP contribution in [0.2, 0.25) is 0 Å². The van der Waals surface area contributed by atoms with Crippen molar-refractivity contribution in [2.75, 3.05) is 26.8 Å². The van der Waals surface area contributed by atoms with Crippen LogP contribution in [0.3, 0.4) is 0 Å². The Balaban J connectivity index is 1.53. The highest BCUT2D eigenvalue weighted by atomic mass is 16.5. The average Bonchev–Trinajstić information content (AvgIpc) is 3.16. The first kappa shape index (κ1) is 15.2. The van der Waals surface area contributed by atoms with E-state index in [0.29, 0.717) is 0 Å². The molecule has 2 bridgehead atoms. The van der Waals surface area contributed by atoms with Crippen LogP contribution in [0.4, 0.5) is 0 Å². The number of carbonyl (C=O) groups is 3. The Morgan fingerprint density at radius 2 is 1.95 bits per heavy atom. The molecule has 1 aliphatic heterocycles. The number of allylic oxidation sites excluding steroid dienone is 2. The molecule has 3 amide bonds. The fourth-order valence-electron chi connectivity index (χ4n) is 3.86. The number of imide groups is 1. The molecular formula is C15H21N3O4. The Morgan fingerprint density at radius 3 is 2.50 bits per heavy atom. The number of rotatable bonds is 6. The van der Waals surface area contributed by atoms with Gasteiger partial charge in [-0.3, -0.25) is 19.3 Å². The minimum absolute atomic E-state index is 0.0951. The number of amides is 3. The number of hydrogen-bond acceptors (Lipinski definition) is 5. The summed E-state index contributed by atoms with van der Waals surface area (Å²) in [5.74, 6) is -0.488. The lowest BCUT2D eigenvalue weighted by Gasteiger charge is -2.18. The first-order chi connectivity index (χ1) is 10.5. The van der Waals surface area contributed by atoms with Crippen molar-refractivity contribution in [3.8, 4) is 0 Å². The lowest BCUT2D eigenvalue weighted by atomic mass is 9.85. The van der Waals surface area contributed by atoms with E-state index in [-0.39, 0.29) is 61.1 Å². The topological polar surface area (TPSA) is 102 Å². The smallest absolute Gasteiger partial charge is 0.239 e. The van der Waals surface area contributed by atoms with Crippen molar-refractivity contribution in [1.29, 1.82) is 0 Å². The molecule has 3 N–H and O–H groups in total. The molecule has 22 heavy (non-hydrogen) atoms. The van der Waals surface area contributed by atoms with Crippen LogP contribution >= 0.6 is 0 Å². The molecule has 1 heterocycles. The van der Waals surface area contributed by atoms with Gasteiger partial charge in [0.15, 0.2) is 0 Å². The number of nitrogens with zero attached hydrogens (tertiary/aromatic N) is 1. The molecule has 3 aliphatic rings. The van der Waals surface area contributed by atoms with E-state index in [0.717, 1.165) is 6.42 Å². The highest BCUT2D eigenvalue weighted by Crippen LogP contribution is 2.52. The molecule has 5 atom stereocenters. The van der Waals surface area contributed by atoms with Crippen LogP contribution in [0.1, 0.15) is 6.42 Å². The van der Waals surface area contributed by atoms with Gasteiger partial charge in [0.05, 0.1) is 18.4 Å². The van der Waals surface area contributed by atoms with Gasteiger partial charge >= 0.3 is 0 Å². The summed E-state index contributed by atoms with van der Waals surface area (Å²) >= 11 is 0. The van der Waals surface area contributed by atoms with Crippen LogP contribution in [-0.2, 0) is 19.1 Å². The largest absolute Gasteiger partial charge is 0.383 e. The number of ether oxygens (including phenoxy) is 1. The van der Waals surface area contributed by atoms with Gasteiger partial charge in [-0.2, -0.15) is 0 Å². The molecule has 120 valence electrons. The van der Waals surface area contributed by atoms with E-state index in [1.807, 2.05) is 0 Å². The molecule has 1 saturated carbocycles. The summed E-state index contributed by atoms with van der Waals surface area (Å²) in [7, 11) is 1.47. The minimum Gasteiger partial charge on any atom is -0.383 e. The third-order valence-electron chi connectivity index (χ3n) is 4.88. The van der Waals surface area contributed by atoms with Gasteiger partial charge in [-0.1, -0.05) is 12.2 Å². The van der Waals surface area contributed by atoms with Gasteiger partial charge in [0.2, 0.25) is 17.7 Å². The van der Waals surface area contributed by atoms with E-state index in [9.17, 15) is 14.4 Å². The van der Waals surface area contributed by atoms with Gasteiger partial charge in [0.1, 0.15) is 6.04 Å². The second kappa shape index (κ2) is 5.81. The van der Waals surface area contributed by atoms with E-state index in [4.69, 9.17) is 10.5 Å². The van der Waals surface area contributed by atoms with Crippen LogP contribution in [0.25, 0.3) is 0 Å². The quantitative estimate of drug-likeness (QED) is 0.478. The number of nitrogens with one attached hydrogen (secondary N) is 1. The van der Waals surface area contributed by atoms with Gasteiger partial charge in [-0.15, -0.1) is 0 Å². The van der Waals surface area contributed by atoms with Crippen molar-refractivity contribution in [3.63, 3.8) is 0 Å². The molecule has 0 aromatic heterocycles. The third-order valence-corrected chi connectivity index (χ3v) is 4.88. The second-order valence-corrected chi connectivity index (χ2v) is 6.18. The van der Waals surface area contributed by atoms with E-state index >= 15 is 0 Å². The molecule has 2 aliphatic carbocycles. The molecule has 0 aromatic rings.